The van der Waals surface area contributed by atoms with Crippen LogP contribution in [0.15, 0.2) is 18.6 Å². The summed E-state index contributed by atoms with van der Waals surface area (Å²) in [5.41, 5.74) is 2.16. The van der Waals surface area contributed by atoms with Gasteiger partial charge in [-0.2, -0.15) is 5.10 Å². The number of fused-ring (bicyclic) bond motifs is 1. The summed E-state index contributed by atoms with van der Waals surface area (Å²) in [6.07, 6.45) is 8.17. The van der Waals surface area contributed by atoms with Crippen molar-refractivity contribution in [3.05, 3.63) is 35.7 Å². The van der Waals surface area contributed by atoms with Gasteiger partial charge in [-0.1, -0.05) is 0 Å². The number of carbonyl (C=O) groups is 1. The van der Waals surface area contributed by atoms with Crippen molar-refractivity contribution in [2.24, 2.45) is 0 Å². The van der Waals surface area contributed by atoms with Gasteiger partial charge in [-0.3, -0.25) is 9.48 Å². The van der Waals surface area contributed by atoms with Crippen LogP contribution in [0.2, 0.25) is 0 Å². The van der Waals surface area contributed by atoms with E-state index < -0.39 is 0 Å². The summed E-state index contributed by atoms with van der Waals surface area (Å²) in [6, 6.07) is 0.206. The molecule has 2 aromatic heterocycles. The van der Waals surface area contributed by atoms with E-state index in [1.165, 1.54) is 0 Å². The van der Waals surface area contributed by atoms with Gasteiger partial charge in [0, 0.05) is 44.4 Å². The Kier molecular flexibility index (Phi) is 3.77. The van der Waals surface area contributed by atoms with Gasteiger partial charge in [0.15, 0.2) is 0 Å². The molecular formula is C15H21N5O. The summed E-state index contributed by atoms with van der Waals surface area (Å²) in [6.45, 7) is 5.45. The summed E-state index contributed by atoms with van der Waals surface area (Å²) in [5.74, 6) is 1.22. The number of carbonyl (C=O) groups excluding carboxylic acids is 1. The SMILES string of the molecule is Cc1cnn(CCC(=O)N[C@H]2CCc3nc(C)cn3C2)c1. The number of nitrogens with one attached hydrogen (secondary N) is 1. The van der Waals surface area contributed by atoms with Crippen LogP contribution in [-0.2, 0) is 24.3 Å². The standard InChI is InChI=1S/C15H21N5O/c1-11-7-16-20(8-11)6-5-15(21)18-13-3-4-14-17-12(2)9-19(14)10-13/h7-9,13H,3-6,10H2,1-2H3,(H,18,21)/t13-/m0/s1. The topological polar surface area (TPSA) is 64.7 Å². The van der Waals surface area contributed by atoms with Gasteiger partial charge in [-0.15, -0.1) is 0 Å². The van der Waals surface area contributed by atoms with Crippen LogP contribution in [0, 0.1) is 13.8 Å². The molecule has 1 N–H and O–H groups in total. The average Bonchev–Trinajstić information content (AvgIpc) is 3.01. The third kappa shape index (κ3) is 3.32. The zero-order valence-electron chi connectivity index (χ0n) is 12.5. The maximum Gasteiger partial charge on any atom is 0.222 e. The molecule has 1 aliphatic heterocycles. The Morgan fingerprint density at radius 1 is 1.43 bits per heavy atom. The summed E-state index contributed by atoms with van der Waals surface area (Å²) in [4.78, 5) is 16.5. The van der Waals surface area contributed by atoms with Crippen molar-refractivity contribution in [3.8, 4) is 0 Å². The molecule has 0 spiro atoms. The molecule has 3 rings (SSSR count). The van der Waals surface area contributed by atoms with E-state index in [2.05, 4.69) is 26.2 Å². The van der Waals surface area contributed by atoms with Crippen LogP contribution >= 0.6 is 0 Å². The van der Waals surface area contributed by atoms with Crippen LogP contribution in [0.5, 0.6) is 0 Å². The summed E-state index contributed by atoms with van der Waals surface area (Å²) < 4.78 is 3.97. The second-order valence-corrected chi connectivity index (χ2v) is 5.78. The first-order chi connectivity index (χ1) is 10.1. The highest BCUT2D eigenvalue weighted by atomic mass is 16.1. The van der Waals surface area contributed by atoms with E-state index in [1.54, 1.807) is 0 Å². The van der Waals surface area contributed by atoms with Gasteiger partial charge in [-0.25, -0.2) is 4.98 Å². The fourth-order valence-corrected chi connectivity index (χ4v) is 2.81. The Bertz CT molecular complexity index is 642. The first kappa shape index (κ1) is 13.9. The number of nitrogens with zero attached hydrogens (tertiary/aromatic N) is 4. The maximum absolute atomic E-state index is 12.0. The van der Waals surface area contributed by atoms with Gasteiger partial charge in [0.1, 0.15) is 5.82 Å². The van der Waals surface area contributed by atoms with Crippen molar-refractivity contribution in [3.63, 3.8) is 0 Å². The van der Waals surface area contributed by atoms with Crippen molar-refractivity contribution in [2.75, 3.05) is 0 Å². The monoisotopic (exact) mass is 287 g/mol. The Morgan fingerprint density at radius 2 is 2.29 bits per heavy atom. The third-order valence-electron chi connectivity index (χ3n) is 3.81. The zero-order chi connectivity index (χ0) is 14.8. The largest absolute Gasteiger partial charge is 0.352 e. The Balaban J connectivity index is 1.49. The van der Waals surface area contributed by atoms with E-state index in [1.807, 2.05) is 30.9 Å². The first-order valence-corrected chi connectivity index (χ1v) is 7.41. The quantitative estimate of drug-likeness (QED) is 0.919. The molecule has 1 atom stereocenters. The molecule has 0 fully saturated rings. The zero-order valence-corrected chi connectivity index (χ0v) is 12.5. The number of rotatable bonds is 4. The Labute approximate surface area is 124 Å². The second kappa shape index (κ2) is 5.71. The van der Waals surface area contributed by atoms with Crippen LogP contribution in [0.3, 0.4) is 0 Å². The molecule has 112 valence electrons. The van der Waals surface area contributed by atoms with Crippen molar-refractivity contribution in [2.45, 2.75) is 52.2 Å². The minimum atomic E-state index is 0.0911. The van der Waals surface area contributed by atoms with Crippen molar-refractivity contribution in [1.29, 1.82) is 0 Å². The number of aromatic nitrogens is 4. The highest BCUT2D eigenvalue weighted by molar-refractivity contribution is 5.76. The minimum absolute atomic E-state index is 0.0911. The van der Waals surface area contributed by atoms with Gasteiger partial charge in [0.05, 0.1) is 11.9 Å². The van der Waals surface area contributed by atoms with E-state index >= 15 is 0 Å². The number of aryl methyl sites for hydroxylation is 4. The smallest absolute Gasteiger partial charge is 0.222 e. The lowest BCUT2D eigenvalue weighted by molar-refractivity contribution is -0.122. The predicted octanol–water partition coefficient (Wildman–Crippen LogP) is 1.22. The molecule has 0 bridgehead atoms. The summed E-state index contributed by atoms with van der Waals surface area (Å²) in [7, 11) is 0. The molecule has 0 radical (unpaired) electrons. The molecule has 2 aromatic rings. The van der Waals surface area contributed by atoms with Crippen molar-refractivity contribution >= 4 is 5.91 Å². The van der Waals surface area contributed by atoms with Crippen molar-refractivity contribution < 1.29 is 4.79 Å². The van der Waals surface area contributed by atoms with E-state index in [-0.39, 0.29) is 11.9 Å². The summed E-state index contributed by atoms with van der Waals surface area (Å²) in [5, 5.41) is 7.31. The molecule has 6 nitrogen and oxygen atoms in total. The van der Waals surface area contributed by atoms with Gasteiger partial charge in [-0.05, 0) is 25.8 Å². The fourth-order valence-electron chi connectivity index (χ4n) is 2.81. The molecule has 6 heteroatoms. The van der Waals surface area contributed by atoms with E-state index in [0.29, 0.717) is 13.0 Å². The van der Waals surface area contributed by atoms with Crippen LogP contribution < -0.4 is 5.32 Å². The number of hydrogen-bond donors (Lipinski definition) is 1. The van der Waals surface area contributed by atoms with Gasteiger partial charge in [0.2, 0.25) is 5.91 Å². The van der Waals surface area contributed by atoms with E-state index in [4.69, 9.17) is 0 Å². The number of amides is 1. The molecule has 1 aliphatic rings. The Morgan fingerprint density at radius 3 is 3.05 bits per heavy atom. The van der Waals surface area contributed by atoms with Crippen LogP contribution in [0.4, 0.5) is 0 Å². The van der Waals surface area contributed by atoms with Crippen LogP contribution in [0.1, 0.15) is 29.9 Å². The van der Waals surface area contributed by atoms with Gasteiger partial charge < -0.3 is 9.88 Å². The highest BCUT2D eigenvalue weighted by Crippen LogP contribution is 2.15. The first-order valence-electron chi connectivity index (χ1n) is 7.41. The molecule has 3 heterocycles. The molecule has 0 saturated carbocycles. The predicted molar refractivity (Wildman–Crippen MR) is 78.8 cm³/mol. The second-order valence-electron chi connectivity index (χ2n) is 5.78. The lowest BCUT2D eigenvalue weighted by Crippen LogP contribution is -2.41. The molecular weight excluding hydrogens is 266 g/mol. The lowest BCUT2D eigenvalue weighted by atomic mass is 10.1. The molecule has 0 aliphatic carbocycles. The summed E-state index contributed by atoms with van der Waals surface area (Å²) >= 11 is 0. The number of imidazole rings is 1. The van der Waals surface area contributed by atoms with E-state index in [0.717, 1.165) is 36.5 Å². The van der Waals surface area contributed by atoms with Gasteiger partial charge >= 0.3 is 0 Å². The van der Waals surface area contributed by atoms with Crippen LogP contribution in [0.25, 0.3) is 0 Å². The third-order valence-corrected chi connectivity index (χ3v) is 3.81. The lowest BCUT2D eigenvalue weighted by Gasteiger charge is -2.24. The van der Waals surface area contributed by atoms with Crippen molar-refractivity contribution in [1.82, 2.24) is 24.6 Å². The Hall–Kier alpha value is -2.11. The van der Waals surface area contributed by atoms with Crippen LogP contribution in [-0.4, -0.2) is 31.3 Å². The highest BCUT2D eigenvalue weighted by Gasteiger charge is 2.20. The minimum Gasteiger partial charge on any atom is -0.352 e. The van der Waals surface area contributed by atoms with Gasteiger partial charge in [0.25, 0.3) is 0 Å². The average molecular weight is 287 g/mol. The maximum atomic E-state index is 12.0. The van der Waals surface area contributed by atoms with E-state index in [9.17, 15) is 4.79 Å². The number of hydrogen-bond acceptors (Lipinski definition) is 3. The molecule has 21 heavy (non-hydrogen) atoms. The fraction of sp³-hybridized carbons (Fsp3) is 0.533. The molecule has 0 saturated heterocycles. The molecule has 1 amide bonds. The molecule has 0 aromatic carbocycles. The molecule has 0 unspecified atom stereocenters. The normalized spacial score (nSPS) is 17.5.